The van der Waals surface area contributed by atoms with Gasteiger partial charge in [0, 0.05) is 11.8 Å². The fourth-order valence-electron chi connectivity index (χ4n) is 0.833. The largest absolute Gasteiger partial charge is 0.265 e. The summed E-state index contributed by atoms with van der Waals surface area (Å²) in [6.45, 7) is 1.58. The number of nitrogens with zero attached hydrogens (tertiary/aromatic N) is 2. The summed E-state index contributed by atoms with van der Waals surface area (Å²) < 4.78 is 24.1. The first-order valence-corrected chi connectivity index (χ1v) is 3.30. The number of hydrogen-bond acceptors (Lipinski definition) is 2. The van der Waals surface area contributed by atoms with Gasteiger partial charge in [-0.15, -0.1) is 0 Å². The average Bonchev–Trinajstić information content (AvgIpc) is 2.04. The van der Waals surface area contributed by atoms with Crippen LogP contribution in [-0.4, -0.2) is 4.98 Å². The van der Waals surface area contributed by atoms with Crippen LogP contribution >= 0.6 is 0 Å². The molecule has 0 fully saturated rings. The first kappa shape index (κ1) is 8.60. The molecule has 0 aromatic carbocycles. The molecule has 0 aliphatic rings. The molecule has 1 rings (SSSR count). The smallest absolute Gasteiger partial charge is 0.245 e. The summed E-state index contributed by atoms with van der Waals surface area (Å²) in [5.41, 5.74) is 0.529. The number of nitriles is 1. The van der Waals surface area contributed by atoms with Crippen LogP contribution in [0, 0.1) is 18.3 Å². The molecule has 0 N–H and O–H groups in total. The molecule has 0 aliphatic heterocycles. The summed E-state index contributed by atoms with van der Waals surface area (Å²) in [7, 11) is 0. The minimum atomic E-state index is -2.52. The van der Waals surface area contributed by atoms with Crippen molar-refractivity contribution in [2.24, 2.45) is 0 Å². The molecule has 1 aromatic rings. The Hall–Kier alpha value is -1.50. The van der Waals surface area contributed by atoms with Crippen molar-refractivity contribution in [1.29, 1.82) is 5.26 Å². The third kappa shape index (κ3) is 1.56. The quantitative estimate of drug-likeness (QED) is 0.644. The van der Waals surface area contributed by atoms with Gasteiger partial charge in [-0.3, -0.25) is 0 Å². The van der Waals surface area contributed by atoms with Gasteiger partial charge in [-0.2, -0.15) is 5.26 Å². The van der Waals surface area contributed by atoms with Gasteiger partial charge in [0.2, 0.25) is 0 Å². The van der Waals surface area contributed by atoms with E-state index in [1.54, 1.807) is 13.0 Å². The first-order chi connectivity index (χ1) is 5.65. The SMILES string of the molecule is Cc1cc(C(F)F)cnc1C#N. The molecule has 0 saturated carbocycles. The zero-order valence-corrected chi connectivity index (χ0v) is 6.38. The molecule has 0 bridgehead atoms. The fraction of sp³-hybridized carbons (Fsp3) is 0.250. The van der Waals surface area contributed by atoms with E-state index in [9.17, 15) is 8.78 Å². The van der Waals surface area contributed by atoms with Crippen molar-refractivity contribution in [1.82, 2.24) is 4.98 Å². The lowest BCUT2D eigenvalue weighted by atomic mass is 10.2. The van der Waals surface area contributed by atoms with Gasteiger partial charge >= 0.3 is 0 Å². The Bertz CT molecular complexity index is 328. The molecule has 2 nitrogen and oxygen atoms in total. The van der Waals surface area contributed by atoms with Crippen molar-refractivity contribution >= 4 is 0 Å². The normalized spacial score (nSPS) is 9.92. The summed E-state index contributed by atoms with van der Waals surface area (Å²) in [6.07, 6.45) is -1.50. The van der Waals surface area contributed by atoms with Gasteiger partial charge in [-0.05, 0) is 18.6 Å². The number of pyridine rings is 1. The van der Waals surface area contributed by atoms with Crippen LogP contribution in [0.3, 0.4) is 0 Å². The van der Waals surface area contributed by atoms with Crippen molar-refractivity contribution in [2.45, 2.75) is 13.3 Å². The number of aromatic nitrogens is 1. The molecule has 12 heavy (non-hydrogen) atoms. The maximum atomic E-state index is 12.1. The summed E-state index contributed by atoms with van der Waals surface area (Å²) in [4.78, 5) is 3.58. The lowest BCUT2D eigenvalue weighted by Gasteiger charge is -2.00. The fourth-order valence-corrected chi connectivity index (χ4v) is 0.833. The summed E-state index contributed by atoms with van der Waals surface area (Å²) in [5.74, 6) is 0. The molecule has 1 aromatic heterocycles. The second kappa shape index (κ2) is 3.26. The molecule has 62 valence electrons. The molecule has 0 atom stereocenters. The van der Waals surface area contributed by atoms with Gasteiger partial charge in [0.1, 0.15) is 11.8 Å². The molecular weight excluding hydrogens is 162 g/mol. The topological polar surface area (TPSA) is 36.7 Å². The second-order valence-corrected chi connectivity index (χ2v) is 2.35. The molecule has 0 saturated heterocycles. The Labute approximate surface area is 68.5 Å². The van der Waals surface area contributed by atoms with Crippen LogP contribution < -0.4 is 0 Å². The minimum Gasteiger partial charge on any atom is -0.245 e. The van der Waals surface area contributed by atoms with Gasteiger partial charge in [0.05, 0.1) is 0 Å². The molecule has 0 aliphatic carbocycles. The highest BCUT2D eigenvalue weighted by Crippen LogP contribution is 2.19. The number of hydrogen-bond donors (Lipinski definition) is 0. The Balaban J connectivity index is 3.12. The van der Waals surface area contributed by atoms with Crippen molar-refractivity contribution in [3.63, 3.8) is 0 Å². The van der Waals surface area contributed by atoms with Gasteiger partial charge < -0.3 is 0 Å². The van der Waals surface area contributed by atoms with E-state index in [0.29, 0.717) is 5.56 Å². The highest BCUT2D eigenvalue weighted by molar-refractivity contribution is 5.32. The highest BCUT2D eigenvalue weighted by atomic mass is 19.3. The minimum absolute atomic E-state index is 0.147. The first-order valence-electron chi connectivity index (χ1n) is 3.30. The highest BCUT2D eigenvalue weighted by Gasteiger charge is 2.08. The predicted octanol–water partition coefficient (Wildman–Crippen LogP) is 2.20. The van der Waals surface area contributed by atoms with Crippen LogP contribution in [0.5, 0.6) is 0 Å². The lowest BCUT2D eigenvalue weighted by Crippen LogP contribution is -1.92. The third-order valence-electron chi connectivity index (χ3n) is 1.46. The monoisotopic (exact) mass is 168 g/mol. The Morgan fingerprint density at radius 1 is 1.58 bits per heavy atom. The van der Waals surface area contributed by atoms with E-state index in [2.05, 4.69) is 4.98 Å². The Kier molecular flexibility index (Phi) is 2.34. The van der Waals surface area contributed by atoms with Crippen molar-refractivity contribution in [3.05, 3.63) is 29.1 Å². The van der Waals surface area contributed by atoms with Gasteiger partial charge in [0.25, 0.3) is 6.43 Å². The third-order valence-corrected chi connectivity index (χ3v) is 1.46. The van der Waals surface area contributed by atoms with Crippen LogP contribution in [0.4, 0.5) is 8.78 Å². The molecule has 1 heterocycles. The summed E-state index contributed by atoms with van der Waals surface area (Å²) >= 11 is 0. The van der Waals surface area contributed by atoms with Gasteiger partial charge in [-0.25, -0.2) is 13.8 Å². The van der Waals surface area contributed by atoms with E-state index in [0.717, 1.165) is 6.20 Å². The van der Waals surface area contributed by atoms with Crippen molar-refractivity contribution in [3.8, 4) is 6.07 Å². The zero-order chi connectivity index (χ0) is 9.14. The average molecular weight is 168 g/mol. The lowest BCUT2D eigenvalue weighted by molar-refractivity contribution is 0.151. The predicted molar refractivity (Wildman–Crippen MR) is 38.6 cm³/mol. The van der Waals surface area contributed by atoms with E-state index in [4.69, 9.17) is 5.26 Å². The molecule has 0 radical (unpaired) electrons. The molecule has 0 amide bonds. The van der Waals surface area contributed by atoms with E-state index < -0.39 is 6.43 Å². The maximum Gasteiger partial charge on any atom is 0.265 e. The van der Waals surface area contributed by atoms with Gasteiger partial charge in [-0.1, -0.05) is 0 Å². The Morgan fingerprint density at radius 3 is 2.67 bits per heavy atom. The number of rotatable bonds is 1. The zero-order valence-electron chi connectivity index (χ0n) is 6.38. The van der Waals surface area contributed by atoms with Gasteiger partial charge in [0.15, 0.2) is 0 Å². The number of alkyl halides is 2. The second-order valence-electron chi connectivity index (χ2n) is 2.35. The molecular formula is C8H6F2N2. The van der Waals surface area contributed by atoms with E-state index in [-0.39, 0.29) is 11.3 Å². The Morgan fingerprint density at radius 2 is 2.25 bits per heavy atom. The number of aryl methyl sites for hydroxylation is 1. The molecule has 0 unspecified atom stereocenters. The standard InChI is InChI=1S/C8H6F2N2/c1-5-2-6(8(9)10)4-12-7(5)3-11/h2,4,8H,1H3. The van der Waals surface area contributed by atoms with Crippen LogP contribution in [0.15, 0.2) is 12.3 Å². The van der Waals surface area contributed by atoms with E-state index in [1.807, 2.05) is 0 Å². The van der Waals surface area contributed by atoms with E-state index in [1.165, 1.54) is 6.07 Å². The number of halogens is 2. The van der Waals surface area contributed by atoms with Crippen molar-refractivity contribution in [2.75, 3.05) is 0 Å². The van der Waals surface area contributed by atoms with Crippen LogP contribution in [0.1, 0.15) is 23.2 Å². The van der Waals surface area contributed by atoms with Crippen LogP contribution in [-0.2, 0) is 0 Å². The maximum absolute atomic E-state index is 12.1. The van der Waals surface area contributed by atoms with Crippen molar-refractivity contribution < 1.29 is 8.78 Å². The summed E-state index contributed by atoms with van der Waals surface area (Å²) in [5, 5.41) is 8.45. The molecule has 0 spiro atoms. The van der Waals surface area contributed by atoms with Crippen LogP contribution in [0.2, 0.25) is 0 Å². The van der Waals surface area contributed by atoms with Crippen LogP contribution in [0.25, 0.3) is 0 Å². The molecule has 4 heteroatoms. The summed E-state index contributed by atoms with van der Waals surface area (Å²) in [6, 6.07) is 3.08. The van der Waals surface area contributed by atoms with E-state index >= 15 is 0 Å².